The third-order valence-electron chi connectivity index (χ3n) is 2.54. The van der Waals surface area contributed by atoms with Gasteiger partial charge in [0.2, 0.25) is 0 Å². The number of ether oxygens (including phenoxy) is 1. The van der Waals surface area contributed by atoms with Crippen LogP contribution in [0.2, 0.25) is 0 Å². The smallest absolute Gasteiger partial charge is 0.340 e. The zero-order valence-electron chi connectivity index (χ0n) is 9.00. The lowest BCUT2D eigenvalue weighted by Crippen LogP contribution is -2.31. The number of hydrogen-bond donors (Lipinski definition) is 1. The first kappa shape index (κ1) is 14.6. The molecule has 15 heavy (non-hydrogen) atoms. The molecule has 0 spiro atoms. The van der Waals surface area contributed by atoms with Crippen LogP contribution >= 0.6 is 12.4 Å². The summed E-state index contributed by atoms with van der Waals surface area (Å²) in [6.45, 7) is 3.81. The fourth-order valence-corrected chi connectivity index (χ4v) is 1.74. The molecule has 1 heterocycles. The van der Waals surface area contributed by atoms with Crippen molar-refractivity contribution in [2.45, 2.75) is 32.4 Å². The number of alkyl halides is 1. The van der Waals surface area contributed by atoms with Gasteiger partial charge in [-0.05, 0) is 45.2 Å². The Morgan fingerprint density at radius 3 is 2.67 bits per heavy atom. The summed E-state index contributed by atoms with van der Waals surface area (Å²) in [5, 5.41) is 3.20. The number of halogens is 2. The van der Waals surface area contributed by atoms with Crippen LogP contribution in [0.4, 0.5) is 4.39 Å². The molecule has 1 atom stereocenters. The molecule has 0 bridgehead atoms. The lowest BCUT2D eigenvalue weighted by atomic mass is 9.92. The highest BCUT2D eigenvalue weighted by molar-refractivity contribution is 5.85. The van der Waals surface area contributed by atoms with Crippen LogP contribution in [-0.4, -0.2) is 31.8 Å². The summed E-state index contributed by atoms with van der Waals surface area (Å²) in [5.74, 6) is -0.373. The van der Waals surface area contributed by atoms with Gasteiger partial charge in [-0.25, -0.2) is 9.18 Å². The lowest BCUT2D eigenvalue weighted by molar-refractivity contribution is -0.149. The highest BCUT2D eigenvalue weighted by atomic mass is 35.5. The fourth-order valence-electron chi connectivity index (χ4n) is 1.74. The van der Waals surface area contributed by atoms with Gasteiger partial charge in [-0.2, -0.15) is 0 Å². The molecule has 0 saturated carbocycles. The van der Waals surface area contributed by atoms with Crippen LogP contribution in [0.3, 0.4) is 0 Å². The summed E-state index contributed by atoms with van der Waals surface area (Å²) in [7, 11) is 0. The minimum atomic E-state index is -1.43. The zero-order valence-corrected chi connectivity index (χ0v) is 9.82. The Morgan fingerprint density at radius 1 is 1.53 bits per heavy atom. The molecule has 0 aromatic carbocycles. The Labute approximate surface area is 96.2 Å². The number of carbonyl (C=O) groups excluding carboxylic acids is 1. The Morgan fingerprint density at radius 2 is 2.13 bits per heavy atom. The summed E-state index contributed by atoms with van der Waals surface area (Å²) < 4.78 is 17.9. The molecule has 1 N–H and O–H groups in total. The van der Waals surface area contributed by atoms with Gasteiger partial charge in [0.05, 0.1) is 6.61 Å². The van der Waals surface area contributed by atoms with Crippen LogP contribution in [0.25, 0.3) is 0 Å². The van der Waals surface area contributed by atoms with E-state index in [4.69, 9.17) is 0 Å². The van der Waals surface area contributed by atoms with Crippen molar-refractivity contribution in [2.24, 2.45) is 5.92 Å². The van der Waals surface area contributed by atoms with E-state index in [0.717, 1.165) is 25.9 Å². The maximum Gasteiger partial charge on any atom is 0.340 e. The number of carbonyl (C=O) groups is 1. The second-order valence-electron chi connectivity index (χ2n) is 3.65. The molecule has 1 fully saturated rings. The molecule has 0 aromatic heterocycles. The van der Waals surface area contributed by atoms with E-state index in [2.05, 4.69) is 10.1 Å². The summed E-state index contributed by atoms with van der Waals surface area (Å²) >= 11 is 0. The van der Waals surface area contributed by atoms with Crippen LogP contribution in [0.15, 0.2) is 0 Å². The van der Waals surface area contributed by atoms with Crippen LogP contribution in [0.5, 0.6) is 0 Å². The average Bonchev–Trinajstić information content (AvgIpc) is 2.19. The standard InChI is InChI=1S/C10H18FNO2.ClH/c1-2-14-10(13)9(11)7-8-3-5-12-6-4-8;/h8-9,12H,2-7H2,1H3;1H. The first-order chi connectivity index (χ1) is 6.74. The van der Waals surface area contributed by atoms with Crippen LogP contribution in [-0.2, 0) is 9.53 Å². The van der Waals surface area contributed by atoms with E-state index in [-0.39, 0.29) is 19.0 Å². The van der Waals surface area contributed by atoms with Crippen molar-refractivity contribution in [3.63, 3.8) is 0 Å². The predicted octanol–water partition coefficient (Wildman–Crippen LogP) is 1.70. The monoisotopic (exact) mass is 239 g/mol. The van der Waals surface area contributed by atoms with Crippen molar-refractivity contribution in [3.8, 4) is 0 Å². The summed E-state index contributed by atoms with van der Waals surface area (Å²) in [5.41, 5.74) is 0. The van der Waals surface area contributed by atoms with Gasteiger partial charge in [0.15, 0.2) is 6.17 Å². The van der Waals surface area contributed by atoms with Crippen molar-refractivity contribution >= 4 is 18.4 Å². The Bertz CT molecular complexity index is 186. The number of nitrogens with one attached hydrogen (secondary N) is 1. The van der Waals surface area contributed by atoms with E-state index in [1.54, 1.807) is 6.92 Å². The van der Waals surface area contributed by atoms with Crippen LogP contribution < -0.4 is 5.32 Å². The molecule has 0 radical (unpaired) electrons. The summed E-state index contributed by atoms with van der Waals surface area (Å²) in [6, 6.07) is 0. The normalized spacial score (nSPS) is 19.1. The van der Waals surface area contributed by atoms with E-state index >= 15 is 0 Å². The molecule has 1 rings (SSSR count). The lowest BCUT2D eigenvalue weighted by Gasteiger charge is -2.23. The van der Waals surface area contributed by atoms with E-state index in [1.807, 2.05) is 0 Å². The topological polar surface area (TPSA) is 38.3 Å². The number of hydrogen-bond acceptors (Lipinski definition) is 3. The maximum absolute atomic E-state index is 13.3. The van der Waals surface area contributed by atoms with Crippen molar-refractivity contribution in [3.05, 3.63) is 0 Å². The van der Waals surface area contributed by atoms with Gasteiger partial charge in [-0.15, -0.1) is 12.4 Å². The van der Waals surface area contributed by atoms with Crippen molar-refractivity contribution in [1.29, 1.82) is 0 Å². The Hall–Kier alpha value is -0.350. The van der Waals surface area contributed by atoms with Gasteiger partial charge >= 0.3 is 5.97 Å². The van der Waals surface area contributed by atoms with E-state index in [9.17, 15) is 9.18 Å². The molecule has 1 aliphatic heterocycles. The van der Waals surface area contributed by atoms with Crippen molar-refractivity contribution < 1.29 is 13.9 Å². The SMILES string of the molecule is CCOC(=O)C(F)CC1CCNCC1.Cl. The van der Waals surface area contributed by atoms with Crippen molar-refractivity contribution in [2.75, 3.05) is 19.7 Å². The molecule has 1 aliphatic rings. The molecule has 0 aliphatic carbocycles. The third-order valence-corrected chi connectivity index (χ3v) is 2.54. The molecular formula is C10H19ClFNO2. The second-order valence-corrected chi connectivity index (χ2v) is 3.65. The Balaban J connectivity index is 0.00000196. The van der Waals surface area contributed by atoms with Gasteiger partial charge in [0.1, 0.15) is 0 Å². The fraction of sp³-hybridized carbons (Fsp3) is 0.900. The predicted molar refractivity (Wildman–Crippen MR) is 59.0 cm³/mol. The molecular weight excluding hydrogens is 221 g/mol. The zero-order chi connectivity index (χ0) is 10.4. The Kier molecular flexibility index (Phi) is 7.70. The molecule has 1 saturated heterocycles. The molecule has 3 nitrogen and oxygen atoms in total. The summed E-state index contributed by atoms with van der Waals surface area (Å²) in [6.07, 6.45) is 0.804. The van der Waals surface area contributed by atoms with E-state index in [1.165, 1.54) is 0 Å². The highest BCUT2D eigenvalue weighted by Crippen LogP contribution is 2.19. The molecule has 90 valence electrons. The number of esters is 1. The first-order valence-electron chi connectivity index (χ1n) is 5.25. The maximum atomic E-state index is 13.3. The number of rotatable bonds is 4. The van der Waals surface area contributed by atoms with Gasteiger partial charge in [-0.1, -0.05) is 0 Å². The first-order valence-corrected chi connectivity index (χ1v) is 5.25. The minimum Gasteiger partial charge on any atom is -0.464 e. The highest BCUT2D eigenvalue weighted by Gasteiger charge is 2.24. The molecule has 0 aromatic rings. The molecule has 1 unspecified atom stereocenters. The largest absolute Gasteiger partial charge is 0.464 e. The minimum absolute atomic E-state index is 0. The van der Waals surface area contributed by atoms with E-state index < -0.39 is 12.1 Å². The third kappa shape index (κ3) is 5.33. The summed E-state index contributed by atoms with van der Waals surface area (Å²) in [4.78, 5) is 11.0. The molecule has 0 amide bonds. The quantitative estimate of drug-likeness (QED) is 0.759. The van der Waals surface area contributed by atoms with Gasteiger partial charge in [0, 0.05) is 0 Å². The second kappa shape index (κ2) is 7.88. The van der Waals surface area contributed by atoms with Gasteiger partial charge in [-0.3, -0.25) is 0 Å². The number of piperidine rings is 1. The van der Waals surface area contributed by atoms with E-state index in [0.29, 0.717) is 12.3 Å². The van der Waals surface area contributed by atoms with Crippen LogP contribution in [0.1, 0.15) is 26.2 Å². The van der Waals surface area contributed by atoms with Crippen LogP contribution in [0, 0.1) is 5.92 Å². The molecule has 5 heteroatoms. The van der Waals surface area contributed by atoms with Gasteiger partial charge in [0.25, 0.3) is 0 Å². The average molecular weight is 240 g/mol. The van der Waals surface area contributed by atoms with Gasteiger partial charge < -0.3 is 10.1 Å². The van der Waals surface area contributed by atoms with Crippen molar-refractivity contribution in [1.82, 2.24) is 5.32 Å².